The molecule has 158 valence electrons. The van der Waals surface area contributed by atoms with E-state index in [-0.39, 0.29) is 30.2 Å². The van der Waals surface area contributed by atoms with Gasteiger partial charge in [-0.3, -0.25) is 14.4 Å². The lowest BCUT2D eigenvalue weighted by atomic mass is 10.1. The average Bonchev–Trinajstić information content (AvgIpc) is 2.76. The predicted molar refractivity (Wildman–Crippen MR) is 113 cm³/mol. The summed E-state index contributed by atoms with van der Waals surface area (Å²) in [6.07, 6.45) is 0. The fourth-order valence-corrected chi connectivity index (χ4v) is 2.73. The highest BCUT2D eigenvalue weighted by atomic mass is 19.1. The third-order valence-corrected chi connectivity index (χ3v) is 4.25. The minimum Gasteiger partial charge on any atom is -0.484 e. The Kier molecular flexibility index (Phi) is 6.95. The van der Waals surface area contributed by atoms with E-state index in [9.17, 15) is 18.8 Å². The van der Waals surface area contributed by atoms with E-state index < -0.39 is 17.6 Å². The molecule has 3 rings (SSSR count). The third-order valence-electron chi connectivity index (χ3n) is 4.25. The van der Waals surface area contributed by atoms with Gasteiger partial charge in [0.05, 0.1) is 0 Å². The van der Waals surface area contributed by atoms with Crippen LogP contribution in [0.15, 0.2) is 72.8 Å². The van der Waals surface area contributed by atoms with Crippen LogP contribution in [0, 0.1) is 5.82 Å². The van der Waals surface area contributed by atoms with E-state index in [2.05, 4.69) is 10.6 Å². The molecule has 0 aliphatic heterocycles. The molecule has 8 heteroatoms. The van der Waals surface area contributed by atoms with Gasteiger partial charge in [0.1, 0.15) is 11.6 Å². The summed E-state index contributed by atoms with van der Waals surface area (Å²) in [5, 5.41) is 5.40. The Morgan fingerprint density at radius 1 is 0.903 bits per heavy atom. The zero-order valence-electron chi connectivity index (χ0n) is 16.4. The van der Waals surface area contributed by atoms with Gasteiger partial charge in [-0.25, -0.2) is 4.39 Å². The summed E-state index contributed by atoms with van der Waals surface area (Å²) in [5.41, 5.74) is 6.97. The number of carbonyl (C=O) groups is 3. The Bertz CT molecular complexity index is 1120. The standard InChI is InChI=1S/C23H20FN3O4/c24-18-7-2-6-17(11-18)23(30)27-19-8-1-4-15(10-19)13-26-21(28)14-31-20-9-3-5-16(12-20)22(25)29/h1-12H,13-14H2,(H2,25,29)(H,26,28)(H,27,30). The van der Waals surface area contributed by atoms with E-state index in [1.807, 2.05) is 0 Å². The maximum atomic E-state index is 13.3. The molecule has 3 aromatic carbocycles. The van der Waals surface area contributed by atoms with Crippen molar-refractivity contribution >= 4 is 23.4 Å². The summed E-state index contributed by atoms with van der Waals surface area (Å²) in [7, 11) is 0. The summed E-state index contributed by atoms with van der Waals surface area (Å²) in [6, 6.07) is 18.5. The number of anilines is 1. The number of benzene rings is 3. The van der Waals surface area contributed by atoms with Crippen LogP contribution >= 0.6 is 0 Å². The van der Waals surface area contributed by atoms with E-state index in [0.717, 1.165) is 11.6 Å². The fraction of sp³-hybridized carbons (Fsp3) is 0.0870. The topological polar surface area (TPSA) is 111 Å². The lowest BCUT2D eigenvalue weighted by Gasteiger charge is -2.10. The highest BCUT2D eigenvalue weighted by Crippen LogP contribution is 2.14. The molecule has 0 fully saturated rings. The molecule has 3 aromatic rings. The molecule has 0 heterocycles. The average molecular weight is 421 g/mol. The Morgan fingerprint density at radius 2 is 1.65 bits per heavy atom. The summed E-state index contributed by atoms with van der Waals surface area (Å²) < 4.78 is 18.7. The lowest BCUT2D eigenvalue weighted by Crippen LogP contribution is -2.28. The van der Waals surface area contributed by atoms with Crippen LogP contribution in [-0.4, -0.2) is 24.3 Å². The zero-order valence-corrected chi connectivity index (χ0v) is 16.4. The van der Waals surface area contributed by atoms with E-state index >= 15 is 0 Å². The molecule has 0 aliphatic rings. The summed E-state index contributed by atoms with van der Waals surface area (Å²) >= 11 is 0. The first-order valence-electron chi connectivity index (χ1n) is 9.36. The Morgan fingerprint density at radius 3 is 2.42 bits per heavy atom. The number of halogens is 1. The van der Waals surface area contributed by atoms with Crippen LogP contribution in [0.2, 0.25) is 0 Å². The quantitative estimate of drug-likeness (QED) is 0.519. The van der Waals surface area contributed by atoms with Gasteiger partial charge in [0, 0.05) is 23.4 Å². The first kappa shape index (κ1) is 21.5. The van der Waals surface area contributed by atoms with E-state index in [1.54, 1.807) is 42.5 Å². The number of ether oxygens (including phenoxy) is 1. The highest BCUT2D eigenvalue weighted by molar-refractivity contribution is 6.04. The van der Waals surface area contributed by atoms with Crippen LogP contribution in [-0.2, 0) is 11.3 Å². The molecule has 0 spiro atoms. The molecule has 3 amide bonds. The molecular formula is C23H20FN3O4. The van der Waals surface area contributed by atoms with Crippen molar-refractivity contribution in [3.8, 4) is 5.75 Å². The maximum Gasteiger partial charge on any atom is 0.258 e. The molecule has 0 bridgehead atoms. The van der Waals surface area contributed by atoms with Crippen LogP contribution in [0.5, 0.6) is 5.75 Å². The van der Waals surface area contributed by atoms with Crippen molar-refractivity contribution in [2.45, 2.75) is 6.54 Å². The second-order valence-electron chi connectivity index (χ2n) is 6.62. The lowest BCUT2D eigenvalue weighted by molar-refractivity contribution is -0.123. The molecule has 7 nitrogen and oxygen atoms in total. The molecular weight excluding hydrogens is 401 g/mol. The minimum absolute atomic E-state index is 0.205. The van der Waals surface area contributed by atoms with Gasteiger partial charge in [0.2, 0.25) is 5.91 Å². The van der Waals surface area contributed by atoms with Crippen LogP contribution in [0.1, 0.15) is 26.3 Å². The maximum absolute atomic E-state index is 13.3. The molecule has 0 radical (unpaired) electrons. The number of rotatable bonds is 8. The van der Waals surface area contributed by atoms with Crippen LogP contribution in [0.3, 0.4) is 0 Å². The Balaban J connectivity index is 1.51. The number of hydrogen-bond donors (Lipinski definition) is 3. The first-order chi connectivity index (χ1) is 14.9. The molecule has 0 saturated carbocycles. The van der Waals surface area contributed by atoms with Gasteiger partial charge in [-0.15, -0.1) is 0 Å². The molecule has 0 aromatic heterocycles. The monoisotopic (exact) mass is 421 g/mol. The summed E-state index contributed by atoms with van der Waals surface area (Å²) in [4.78, 5) is 35.5. The van der Waals surface area contributed by atoms with E-state index in [1.165, 1.54) is 24.3 Å². The van der Waals surface area contributed by atoms with Crippen LogP contribution < -0.4 is 21.1 Å². The number of amides is 3. The van der Waals surface area contributed by atoms with Gasteiger partial charge < -0.3 is 21.1 Å². The van der Waals surface area contributed by atoms with E-state index in [0.29, 0.717) is 11.4 Å². The predicted octanol–water partition coefficient (Wildman–Crippen LogP) is 2.87. The Labute approximate surface area is 178 Å². The van der Waals surface area contributed by atoms with Crippen LogP contribution in [0.4, 0.5) is 10.1 Å². The van der Waals surface area contributed by atoms with Gasteiger partial charge in [-0.05, 0) is 54.1 Å². The van der Waals surface area contributed by atoms with Crippen molar-refractivity contribution in [1.82, 2.24) is 5.32 Å². The van der Waals surface area contributed by atoms with Crippen LogP contribution in [0.25, 0.3) is 0 Å². The number of nitrogens with one attached hydrogen (secondary N) is 2. The highest BCUT2D eigenvalue weighted by Gasteiger charge is 2.09. The Hall–Kier alpha value is -4.20. The van der Waals surface area contributed by atoms with Gasteiger partial charge in [-0.2, -0.15) is 0 Å². The molecule has 0 atom stereocenters. The molecule has 4 N–H and O–H groups in total. The van der Waals surface area contributed by atoms with Crippen molar-refractivity contribution in [2.75, 3.05) is 11.9 Å². The minimum atomic E-state index is -0.584. The molecule has 0 unspecified atom stereocenters. The normalized spacial score (nSPS) is 10.2. The summed E-state index contributed by atoms with van der Waals surface area (Å²) in [6.45, 7) is -0.0224. The summed E-state index contributed by atoms with van der Waals surface area (Å²) in [5.74, 6) is -1.52. The molecule has 0 aliphatic carbocycles. The largest absolute Gasteiger partial charge is 0.484 e. The third kappa shape index (κ3) is 6.40. The second kappa shape index (κ2) is 10.0. The first-order valence-corrected chi connectivity index (χ1v) is 9.36. The SMILES string of the molecule is NC(=O)c1cccc(OCC(=O)NCc2cccc(NC(=O)c3cccc(F)c3)c2)c1. The fourth-order valence-electron chi connectivity index (χ4n) is 2.73. The number of primary amides is 1. The van der Waals surface area contributed by atoms with Crippen molar-refractivity contribution in [3.63, 3.8) is 0 Å². The number of carbonyl (C=O) groups excluding carboxylic acids is 3. The molecule has 31 heavy (non-hydrogen) atoms. The van der Waals surface area contributed by atoms with Gasteiger partial charge in [0.25, 0.3) is 11.8 Å². The zero-order chi connectivity index (χ0) is 22.2. The van der Waals surface area contributed by atoms with E-state index in [4.69, 9.17) is 10.5 Å². The number of hydrogen-bond acceptors (Lipinski definition) is 4. The molecule has 0 saturated heterocycles. The second-order valence-corrected chi connectivity index (χ2v) is 6.62. The van der Waals surface area contributed by atoms with Crippen molar-refractivity contribution < 1.29 is 23.5 Å². The smallest absolute Gasteiger partial charge is 0.258 e. The van der Waals surface area contributed by atoms with Crippen molar-refractivity contribution in [1.29, 1.82) is 0 Å². The van der Waals surface area contributed by atoms with Gasteiger partial charge in [0.15, 0.2) is 6.61 Å². The van der Waals surface area contributed by atoms with Gasteiger partial charge >= 0.3 is 0 Å². The van der Waals surface area contributed by atoms with Crippen molar-refractivity contribution in [2.24, 2.45) is 5.73 Å². The van der Waals surface area contributed by atoms with Crippen molar-refractivity contribution in [3.05, 3.63) is 95.3 Å². The number of nitrogens with two attached hydrogens (primary N) is 1. The van der Waals surface area contributed by atoms with Gasteiger partial charge in [-0.1, -0.05) is 24.3 Å².